The summed E-state index contributed by atoms with van der Waals surface area (Å²) in [7, 11) is 1.94. The van der Waals surface area contributed by atoms with Crippen LogP contribution in [-0.2, 0) is 19.6 Å². The summed E-state index contributed by atoms with van der Waals surface area (Å²) in [6, 6.07) is 11.8. The molecule has 0 unspecified atom stereocenters. The number of rotatable bonds is 7. The maximum Gasteiger partial charge on any atom is 0.214 e. The summed E-state index contributed by atoms with van der Waals surface area (Å²) in [5, 5.41) is 3.90. The highest BCUT2D eigenvalue weighted by atomic mass is 35.5. The maximum atomic E-state index is 5.88. The van der Waals surface area contributed by atoms with Crippen molar-refractivity contribution in [3.05, 3.63) is 58.2 Å². The first-order chi connectivity index (χ1) is 10.2. The summed E-state index contributed by atoms with van der Waals surface area (Å²) in [5.41, 5.74) is 3.36. The van der Waals surface area contributed by atoms with Gasteiger partial charge in [0, 0.05) is 23.3 Å². The molecule has 112 valence electrons. The molecule has 21 heavy (non-hydrogen) atoms. The smallest absolute Gasteiger partial charge is 0.214 e. The van der Waals surface area contributed by atoms with Gasteiger partial charge in [0.25, 0.3) is 0 Å². The number of hydrogen-bond donors (Lipinski definition) is 1. The molecule has 0 radical (unpaired) electrons. The van der Waals surface area contributed by atoms with Crippen molar-refractivity contribution in [2.75, 3.05) is 7.05 Å². The van der Waals surface area contributed by atoms with Gasteiger partial charge in [-0.3, -0.25) is 0 Å². The molecule has 3 nitrogen and oxygen atoms in total. The number of ether oxygens (including phenoxy) is 1. The third kappa shape index (κ3) is 5.03. The average molecular weight is 305 g/mol. The number of aromatic nitrogens is 1. The Kier molecular flexibility index (Phi) is 6.03. The fourth-order valence-electron chi connectivity index (χ4n) is 2.12. The molecule has 0 aliphatic carbocycles. The Bertz CT molecular complexity index is 545. The third-order valence-corrected chi connectivity index (χ3v) is 3.35. The molecule has 0 spiro atoms. The molecule has 0 atom stereocenters. The topological polar surface area (TPSA) is 34.1 Å². The minimum absolute atomic E-state index is 0.499. The first kappa shape index (κ1) is 15.8. The first-order valence-corrected chi connectivity index (χ1v) is 7.60. The summed E-state index contributed by atoms with van der Waals surface area (Å²) >= 11 is 5.88. The third-order valence-electron chi connectivity index (χ3n) is 3.10. The molecule has 0 aliphatic rings. The highest BCUT2D eigenvalue weighted by Crippen LogP contribution is 2.16. The Morgan fingerprint density at radius 1 is 1.14 bits per heavy atom. The van der Waals surface area contributed by atoms with Crippen LogP contribution in [0.5, 0.6) is 5.88 Å². The van der Waals surface area contributed by atoms with Crippen LogP contribution in [0.4, 0.5) is 0 Å². The summed E-state index contributed by atoms with van der Waals surface area (Å²) in [4.78, 5) is 4.56. The summed E-state index contributed by atoms with van der Waals surface area (Å²) in [5.74, 6) is 0.682. The van der Waals surface area contributed by atoms with E-state index in [2.05, 4.69) is 23.3 Å². The van der Waals surface area contributed by atoms with Crippen LogP contribution < -0.4 is 10.1 Å². The van der Waals surface area contributed by atoms with Gasteiger partial charge in [0.15, 0.2) is 0 Å². The maximum absolute atomic E-state index is 5.88. The molecule has 0 amide bonds. The van der Waals surface area contributed by atoms with E-state index in [1.54, 1.807) is 0 Å². The van der Waals surface area contributed by atoms with E-state index in [0.29, 0.717) is 12.5 Å². The van der Waals surface area contributed by atoms with Gasteiger partial charge < -0.3 is 10.1 Å². The zero-order valence-corrected chi connectivity index (χ0v) is 13.3. The van der Waals surface area contributed by atoms with Crippen LogP contribution in [-0.4, -0.2) is 12.0 Å². The second-order valence-corrected chi connectivity index (χ2v) is 5.44. The molecule has 0 fully saturated rings. The normalized spacial score (nSPS) is 10.6. The highest BCUT2D eigenvalue weighted by Gasteiger charge is 2.04. The lowest BCUT2D eigenvalue weighted by Crippen LogP contribution is -2.07. The SMILES string of the molecule is CCCc1cc(CNC)cc(OCc2ccc(Cl)cc2)n1. The van der Waals surface area contributed by atoms with Gasteiger partial charge in [-0.15, -0.1) is 0 Å². The average Bonchev–Trinajstić information content (AvgIpc) is 2.47. The predicted molar refractivity (Wildman–Crippen MR) is 86.8 cm³/mol. The van der Waals surface area contributed by atoms with Gasteiger partial charge in [-0.05, 0) is 42.8 Å². The van der Waals surface area contributed by atoms with Crippen LogP contribution in [0.1, 0.15) is 30.2 Å². The molecule has 4 heteroatoms. The standard InChI is InChI=1S/C17H21ClN2O/c1-3-4-16-9-14(11-19-2)10-17(20-16)21-12-13-5-7-15(18)8-6-13/h5-10,19H,3-4,11-12H2,1-2H3. The van der Waals surface area contributed by atoms with Crippen LogP contribution in [0.15, 0.2) is 36.4 Å². The molecule has 0 aliphatic heterocycles. The van der Waals surface area contributed by atoms with Gasteiger partial charge in [-0.1, -0.05) is 37.1 Å². The largest absolute Gasteiger partial charge is 0.473 e. The number of aryl methyl sites for hydroxylation is 1. The van der Waals surface area contributed by atoms with Crippen molar-refractivity contribution in [1.29, 1.82) is 0 Å². The van der Waals surface area contributed by atoms with E-state index < -0.39 is 0 Å². The minimum atomic E-state index is 0.499. The second-order valence-electron chi connectivity index (χ2n) is 5.00. The molecule has 1 N–H and O–H groups in total. The zero-order chi connectivity index (χ0) is 15.1. The van der Waals surface area contributed by atoms with Crippen molar-refractivity contribution in [2.45, 2.75) is 32.9 Å². The monoisotopic (exact) mass is 304 g/mol. The first-order valence-electron chi connectivity index (χ1n) is 7.23. The molecule has 2 aromatic rings. The van der Waals surface area contributed by atoms with Crippen molar-refractivity contribution in [2.24, 2.45) is 0 Å². The second kappa shape index (κ2) is 8.01. The van der Waals surface area contributed by atoms with E-state index in [9.17, 15) is 0 Å². The van der Waals surface area contributed by atoms with E-state index in [4.69, 9.17) is 16.3 Å². The van der Waals surface area contributed by atoms with Crippen molar-refractivity contribution >= 4 is 11.6 Å². The molecule has 1 aromatic carbocycles. The van der Waals surface area contributed by atoms with Crippen LogP contribution >= 0.6 is 11.6 Å². The minimum Gasteiger partial charge on any atom is -0.473 e. The van der Waals surface area contributed by atoms with Crippen molar-refractivity contribution in [3.63, 3.8) is 0 Å². The van der Waals surface area contributed by atoms with Crippen LogP contribution in [0.2, 0.25) is 5.02 Å². The Hall–Kier alpha value is -1.58. The Morgan fingerprint density at radius 3 is 2.57 bits per heavy atom. The van der Waals surface area contributed by atoms with Crippen LogP contribution in [0.25, 0.3) is 0 Å². The van der Waals surface area contributed by atoms with Gasteiger partial charge in [0.2, 0.25) is 5.88 Å². The van der Waals surface area contributed by atoms with Gasteiger partial charge in [-0.25, -0.2) is 4.98 Å². The number of nitrogens with zero attached hydrogens (tertiary/aromatic N) is 1. The van der Waals surface area contributed by atoms with E-state index in [0.717, 1.165) is 35.7 Å². The van der Waals surface area contributed by atoms with Gasteiger partial charge in [0.1, 0.15) is 6.61 Å². The molecule has 1 aromatic heterocycles. The molecular formula is C17H21ClN2O. The number of benzene rings is 1. The molecule has 1 heterocycles. The van der Waals surface area contributed by atoms with Gasteiger partial charge in [-0.2, -0.15) is 0 Å². The fourth-order valence-corrected chi connectivity index (χ4v) is 2.25. The summed E-state index contributed by atoms with van der Waals surface area (Å²) in [6.07, 6.45) is 2.04. The lowest BCUT2D eigenvalue weighted by Gasteiger charge is -2.10. The Balaban J connectivity index is 2.08. The predicted octanol–water partition coefficient (Wildman–Crippen LogP) is 3.99. The van der Waals surface area contributed by atoms with Crippen LogP contribution in [0, 0.1) is 0 Å². The van der Waals surface area contributed by atoms with Gasteiger partial charge in [0.05, 0.1) is 0 Å². The van der Waals surface area contributed by atoms with E-state index in [1.165, 1.54) is 5.56 Å². The Morgan fingerprint density at radius 2 is 1.90 bits per heavy atom. The van der Waals surface area contributed by atoms with E-state index in [-0.39, 0.29) is 0 Å². The number of hydrogen-bond acceptors (Lipinski definition) is 3. The molecule has 0 saturated heterocycles. The zero-order valence-electron chi connectivity index (χ0n) is 12.5. The number of nitrogens with one attached hydrogen (secondary N) is 1. The van der Waals surface area contributed by atoms with Gasteiger partial charge >= 0.3 is 0 Å². The van der Waals surface area contributed by atoms with E-state index in [1.807, 2.05) is 37.4 Å². The molecule has 0 saturated carbocycles. The number of pyridine rings is 1. The summed E-state index contributed by atoms with van der Waals surface area (Å²) < 4.78 is 5.82. The van der Waals surface area contributed by atoms with Crippen molar-refractivity contribution in [3.8, 4) is 5.88 Å². The quantitative estimate of drug-likeness (QED) is 0.840. The van der Waals surface area contributed by atoms with Crippen LogP contribution in [0.3, 0.4) is 0 Å². The van der Waals surface area contributed by atoms with Crippen molar-refractivity contribution in [1.82, 2.24) is 10.3 Å². The fraction of sp³-hybridized carbons (Fsp3) is 0.353. The molecule has 0 bridgehead atoms. The summed E-state index contributed by atoms with van der Waals surface area (Å²) in [6.45, 7) is 3.47. The molecular weight excluding hydrogens is 284 g/mol. The van der Waals surface area contributed by atoms with Crippen molar-refractivity contribution < 1.29 is 4.74 Å². The lowest BCUT2D eigenvalue weighted by molar-refractivity contribution is 0.292. The lowest BCUT2D eigenvalue weighted by atomic mass is 10.1. The highest BCUT2D eigenvalue weighted by molar-refractivity contribution is 6.30. The number of halogens is 1. The van der Waals surface area contributed by atoms with E-state index >= 15 is 0 Å². The molecule has 2 rings (SSSR count). The Labute approximate surface area is 131 Å².